The maximum absolute atomic E-state index is 13.4. The van der Waals surface area contributed by atoms with Crippen molar-refractivity contribution in [3.8, 4) is 0 Å². The van der Waals surface area contributed by atoms with Crippen LogP contribution in [0, 0.1) is 0 Å². The highest BCUT2D eigenvalue weighted by atomic mass is 32.2. The first-order valence-electron chi connectivity index (χ1n) is 9.41. The minimum absolute atomic E-state index is 0.207. The second-order valence-electron chi connectivity index (χ2n) is 7.22. The lowest BCUT2D eigenvalue weighted by molar-refractivity contribution is 0.0792. The lowest BCUT2D eigenvalue weighted by Crippen LogP contribution is -2.49. The van der Waals surface area contributed by atoms with Crippen molar-refractivity contribution in [1.29, 1.82) is 0 Å². The van der Waals surface area contributed by atoms with Crippen LogP contribution in [0.1, 0.15) is 22.9 Å². The highest BCUT2D eigenvalue weighted by Gasteiger charge is 2.43. The Bertz CT molecular complexity index is 1060. The van der Waals surface area contributed by atoms with Crippen LogP contribution >= 0.6 is 0 Å². The molecule has 2 atom stereocenters. The number of aliphatic hydroxyl groups is 1. The van der Waals surface area contributed by atoms with Gasteiger partial charge in [-0.05, 0) is 30.2 Å². The Kier molecular flexibility index (Phi) is 5.10. The Balaban J connectivity index is 1.72. The van der Waals surface area contributed by atoms with Crippen molar-refractivity contribution in [2.24, 2.45) is 7.05 Å². The molecule has 0 spiro atoms. The fourth-order valence-electron chi connectivity index (χ4n) is 3.94. The summed E-state index contributed by atoms with van der Waals surface area (Å²) >= 11 is 0. The normalized spacial score (nSPS) is 21.4. The minimum Gasteiger partial charge on any atom is -0.387 e. The van der Waals surface area contributed by atoms with Gasteiger partial charge >= 0.3 is 0 Å². The van der Waals surface area contributed by atoms with Crippen LogP contribution in [0.2, 0.25) is 0 Å². The molecule has 5 nitrogen and oxygen atoms in total. The summed E-state index contributed by atoms with van der Waals surface area (Å²) in [6, 6.07) is 20.0. The molecule has 0 radical (unpaired) electrons. The largest absolute Gasteiger partial charge is 0.387 e. The predicted octanol–water partition coefficient (Wildman–Crippen LogP) is 2.92. The van der Waals surface area contributed by atoms with Crippen molar-refractivity contribution in [2.75, 3.05) is 6.54 Å². The van der Waals surface area contributed by atoms with Crippen LogP contribution in [-0.2, 0) is 29.9 Å². The van der Waals surface area contributed by atoms with Gasteiger partial charge in [-0.3, -0.25) is 0 Å². The molecule has 146 valence electrons. The summed E-state index contributed by atoms with van der Waals surface area (Å²) in [6.07, 6.45) is 2.11. The highest BCUT2D eigenvalue weighted by molar-refractivity contribution is 7.89. The van der Waals surface area contributed by atoms with Gasteiger partial charge in [0.15, 0.2) is 0 Å². The highest BCUT2D eigenvalue weighted by Crippen LogP contribution is 2.38. The van der Waals surface area contributed by atoms with E-state index >= 15 is 0 Å². The Hall–Kier alpha value is -2.41. The van der Waals surface area contributed by atoms with E-state index in [1.54, 1.807) is 24.3 Å². The number of rotatable bonds is 5. The Morgan fingerprint density at radius 3 is 2.39 bits per heavy atom. The van der Waals surface area contributed by atoms with E-state index < -0.39 is 22.2 Å². The standard InChI is InChI=1S/C22H24N2O3S/c1-23-14-7-10-18(23)16-20-22(25)19-11-5-6-12-21(19)28(26,27)24(20)15-13-17-8-3-2-4-9-17/h2-12,14,20,22,25H,13,15-16H2,1H3/t20-,22-/m1/s1. The van der Waals surface area contributed by atoms with Gasteiger partial charge in [-0.25, -0.2) is 8.42 Å². The average molecular weight is 397 g/mol. The number of sulfonamides is 1. The van der Waals surface area contributed by atoms with Gasteiger partial charge in [0.2, 0.25) is 10.0 Å². The first kappa shape index (κ1) is 18.9. The van der Waals surface area contributed by atoms with Crippen molar-refractivity contribution in [1.82, 2.24) is 8.87 Å². The summed E-state index contributed by atoms with van der Waals surface area (Å²) in [5, 5.41) is 11.1. The SMILES string of the molecule is Cn1cccc1C[C@@H]1[C@H](O)c2ccccc2S(=O)(=O)N1CCc1ccccc1. The quantitative estimate of drug-likeness (QED) is 0.721. The smallest absolute Gasteiger partial charge is 0.243 e. The van der Waals surface area contributed by atoms with Crippen LogP contribution < -0.4 is 0 Å². The topological polar surface area (TPSA) is 62.5 Å². The van der Waals surface area contributed by atoms with E-state index in [0.717, 1.165) is 11.3 Å². The zero-order chi connectivity index (χ0) is 19.7. The number of aliphatic hydroxyl groups excluding tert-OH is 1. The molecule has 28 heavy (non-hydrogen) atoms. The zero-order valence-electron chi connectivity index (χ0n) is 15.8. The molecule has 1 aromatic heterocycles. The summed E-state index contributed by atoms with van der Waals surface area (Å²) in [5.41, 5.74) is 2.55. The zero-order valence-corrected chi connectivity index (χ0v) is 16.6. The van der Waals surface area contributed by atoms with Crippen molar-refractivity contribution < 1.29 is 13.5 Å². The molecule has 3 aromatic rings. The van der Waals surface area contributed by atoms with E-state index in [9.17, 15) is 13.5 Å². The van der Waals surface area contributed by atoms with Crippen LogP contribution in [-0.4, -0.2) is 35.0 Å². The van der Waals surface area contributed by atoms with Crippen molar-refractivity contribution in [3.63, 3.8) is 0 Å². The summed E-state index contributed by atoms with van der Waals surface area (Å²) in [5.74, 6) is 0. The molecule has 1 aliphatic rings. The molecule has 0 unspecified atom stereocenters. The van der Waals surface area contributed by atoms with Crippen molar-refractivity contribution in [2.45, 2.75) is 29.9 Å². The van der Waals surface area contributed by atoms with Gasteiger partial charge in [-0.2, -0.15) is 4.31 Å². The second kappa shape index (κ2) is 7.54. The monoisotopic (exact) mass is 396 g/mol. The van der Waals surface area contributed by atoms with Crippen LogP contribution in [0.5, 0.6) is 0 Å². The summed E-state index contributed by atoms with van der Waals surface area (Å²) in [6.45, 7) is 0.326. The van der Waals surface area contributed by atoms with Gasteiger partial charge < -0.3 is 9.67 Å². The van der Waals surface area contributed by atoms with E-state index in [4.69, 9.17) is 0 Å². The number of fused-ring (bicyclic) bond motifs is 1. The molecule has 0 fully saturated rings. The van der Waals surface area contributed by atoms with Gasteiger partial charge in [-0.1, -0.05) is 48.5 Å². The third-order valence-electron chi connectivity index (χ3n) is 5.49. The predicted molar refractivity (Wildman–Crippen MR) is 108 cm³/mol. The molecule has 1 N–H and O–H groups in total. The Morgan fingerprint density at radius 2 is 1.68 bits per heavy atom. The molecule has 0 amide bonds. The Labute approximate surface area is 165 Å². The lowest BCUT2D eigenvalue weighted by Gasteiger charge is -2.39. The maximum Gasteiger partial charge on any atom is 0.243 e. The van der Waals surface area contributed by atoms with Gasteiger partial charge in [0, 0.05) is 37.5 Å². The third-order valence-corrected chi connectivity index (χ3v) is 7.49. The molecular formula is C22H24N2O3S. The molecule has 1 aliphatic heterocycles. The molecule has 0 saturated heterocycles. The first-order chi connectivity index (χ1) is 13.5. The maximum atomic E-state index is 13.4. The van der Waals surface area contributed by atoms with Crippen molar-refractivity contribution in [3.05, 3.63) is 89.7 Å². The average Bonchev–Trinajstić information content (AvgIpc) is 3.11. The third kappa shape index (κ3) is 3.39. The molecule has 2 aromatic carbocycles. The van der Waals surface area contributed by atoms with E-state index in [1.165, 1.54) is 4.31 Å². The molecule has 6 heteroatoms. The lowest BCUT2D eigenvalue weighted by atomic mass is 9.97. The minimum atomic E-state index is -3.69. The fraction of sp³-hybridized carbons (Fsp3) is 0.273. The summed E-state index contributed by atoms with van der Waals surface area (Å²) in [4.78, 5) is 0.207. The van der Waals surface area contributed by atoms with E-state index in [2.05, 4.69) is 0 Å². The first-order valence-corrected chi connectivity index (χ1v) is 10.9. The molecule has 0 aliphatic carbocycles. The number of hydrogen-bond donors (Lipinski definition) is 1. The summed E-state index contributed by atoms with van der Waals surface area (Å²) in [7, 11) is -1.76. The van der Waals surface area contributed by atoms with Gasteiger partial charge in [-0.15, -0.1) is 0 Å². The van der Waals surface area contributed by atoms with Crippen LogP contribution in [0.15, 0.2) is 77.8 Å². The molecule has 4 rings (SSSR count). The van der Waals surface area contributed by atoms with Gasteiger partial charge in [0.05, 0.1) is 17.0 Å². The number of nitrogens with zero attached hydrogens (tertiary/aromatic N) is 2. The summed E-state index contributed by atoms with van der Waals surface area (Å²) < 4.78 is 30.3. The van der Waals surface area contributed by atoms with Crippen LogP contribution in [0.3, 0.4) is 0 Å². The van der Waals surface area contributed by atoms with E-state index in [0.29, 0.717) is 24.9 Å². The fourth-order valence-corrected chi connectivity index (χ4v) is 5.80. The number of hydrogen-bond acceptors (Lipinski definition) is 3. The van der Waals surface area contributed by atoms with Crippen molar-refractivity contribution >= 4 is 10.0 Å². The van der Waals surface area contributed by atoms with Crippen LogP contribution in [0.25, 0.3) is 0 Å². The number of aromatic nitrogens is 1. The number of aryl methyl sites for hydroxylation is 1. The van der Waals surface area contributed by atoms with Gasteiger partial charge in [0.25, 0.3) is 0 Å². The van der Waals surface area contributed by atoms with Crippen LogP contribution in [0.4, 0.5) is 0 Å². The molecule has 0 saturated carbocycles. The number of benzene rings is 2. The van der Waals surface area contributed by atoms with E-state index in [1.807, 2.05) is 60.3 Å². The molecule has 0 bridgehead atoms. The van der Waals surface area contributed by atoms with Gasteiger partial charge in [0.1, 0.15) is 0 Å². The van der Waals surface area contributed by atoms with E-state index in [-0.39, 0.29) is 4.90 Å². The second-order valence-corrected chi connectivity index (χ2v) is 9.07. The molecule has 2 heterocycles. The Morgan fingerprint density at radius 1 is 0.964 bits per heavy atom. The molecular weight excluding hydrogens is 372 g/mol.